The molecule has 1 saturated carbocycles. The fourth-order valence-corrected chi connectivity index (χ4v) is 5.16. The number of anilines is 2. The van der Waals surface area contributed by atoms with Gasteiger partial charge in [0.25, 0.3) is 5.91 Å². The number of fused-ring (bicyclic) bond motifs is 2. The lowest BCUT2D eigenvalue weighted by Gasteiger charge is -2.23. The Morgan fingerprint density at radius 2 is 1.84 bits per heavy atom. The van der Waals surface area contributed by atoms with Gasteiger partial charge in [0.15, 0.2) is 17.7 Å². The highest BCUT2D eigenvalue weighted by molar-refractivity contribution is 5.95. The summed E-state index contributed by atoms with van der Waals surface area (Å²) in [7, 11) is 0. The number of hydrogen-bond acceptors (Lipinski definition) is 7. The van der Waals surface area contributed by atoms with Crippen molar-refractivity contribution in [3.8, 4) is 0 Å². The van der Waals surface area contributed by atoms with Crippen LogP contribution in [0.1, 0.15) is 40.4 Å². The average molecular weight is 522 g/mol. The molecule has 38 heavy (non-hydrogen) atoms. The van der Waals surface area contributed by atoms with Crippen LogP contribution in [-0.4, -0.2) is 58.4 Å². The molecule has 0 radical (unpaired) electrons. The lowest BCUT2D eigenvalue weighted by Crippen LogP contribution is -2.32. The number of rotatable bonds is 5. The predicted molar refractivity (Wildman–Crippen MR) is 134 cm³/mol. The van der Waals surface area contributed by atoms with Crippen LogP contribution in [0.15, 0.2) is 35.3 Å². The number of carboxylic acids is 1. The second-order valence-electron chi connectivity index (χ2n) is 9.81. The van der Waals surface area contributed by atoms with Crippen LogP contribution in [0.2, 0.25) is 0 Å². The Morgan fingerprint density at radius 3 is 2.50 bits per heavy atom. The van der Waals surface area contributed by atoms with E-state index < -0.39 is 40.9 Å². The molecular weight excluding hydrogens is 497 g/mol. The van der Waals surface area contributed by atoms with E-state index in [0.717, 1.165) is 30.0 Å². The Labute approximate surface area is 215 Å². The number of carboxylic acid groups (broad SMARTS) is 1. The molecule has 0 spiro atoms. The Kier molecular flexibility index (Phi) is 5.55. The molecule has 4 heterocycles. The first-order valence-electron chi connectivity index (χ1n) is 12.3. The van der Waals surface area contributed by atoms with E-state index in [9.17, 15) is 24.3 Å². The normalized spacial score (nSPS) is 19.3. The Morgan fingerprint density at radius 1 is 1.11 bits per heavy atom. The standard InChI is InChI=1S/C26H24FN5O6/c27-19-10-17-21(33)18(25(35)36)11-31(15-3-4-15)23(17)29-24(19)30-7-5-13-1-2-16(9-14(13)6-8-30)32-12-20(22(28)34)38-26(32)37/h1-2,9-11,15,20H,3-8,12H2,(H2,28,34)(H,35,36)/t20-/m1/s1. The smallest absolute Gasteiger partial charge is 0.415 e. The zero-order valence-corrected chi connectivity index (χ0v) is 20.2. The van der Waals surface area contributed by atoms with Crippen LogP contribution in [0.5, 0.6) is 0 Å². The van der Waals surface area contributed by atoms with Gasteiger partial charge in [-0.05, 0) is 55.0 Å². The third-order valence-corrected chi connectivity index (χ3v) is 7.34. The molecule has 2 aromatic heterocycles. The van der Waals surface area contributed by atoms with E-state index in [1.165, 1.54) is 11.1 Å². The highest BCUT2D eigenvalue weighted by atomic mass is 19.1. The summed E-state index contributed by atoms with van der Waals surface area (Å²) >= 11 is 0. The summed E-state index contributed by atoms with van der Waals surface area (Å²) in [4.78, 5) is 55.8. The quantitative estimate of drug-likeness (QED) is 0.518. The third-order valence-electron chi connectivity index (χ3n) is 7.34. The molecule has 196 valence electrons. The van der Waals surface area contributed by atoms with Gasteiger partial charge in [-0.15, -0.1) is 0 Å². The number of amides is 2. The molecule has 2 aliphatic heterocycles. The van der Waals surface area contributed by atoms with Crippen LogP contribution in [0.3, 0.4) is 0 Å². The Hall–Kier alpha value is -4.48. The fourth-order valence-electron chi connectivity index (χ4n) is 5.16. The van der Waals surface area contributed by atoms with Gasteiger partial charge in [0.1, 0.15) is 11.2 Å². The van der Waals surface area contributed by atoms with Crippen LogP contribution in [0, 0.1) is 5.82 Å². The molecular formula is C26H24FN5O6. The number of aromatic carboxylic acids is 1. The van der Waals surface area contributed by atoms with Gasteiger partial charge in [-0.2, -0.15) is 0 Å². The zero-order valence-electron chi connectivity index (χ0n) is 20.2. The van der Waals surface area contributed by atoms with Gasteiger partial charge < -0.3 is 25.0 Å². The van der Waals surface area contributed by atoms with Crippen molar-refractivity contribution in [2.24, 2.45) is 5.73 Å². The molecule has 0 bridgehead atoms. The van der Waals surface area contributed by atoms with Gasteiger partial charge in [-0.1, -0.05) is 6.07 Å². The van der Waals surface area contributed by atoms with Crippen LogP contribution in [-0.2, 0) is 22.4 Å². The molecule has 3 aliphatic rings. The van der Waals surface area contributed by atoms with E-state index in [2.05, 4.69) is 4.98 Å². The van der Waals surface area contributed by atoms with Gasteiger partial charge in [0, 0.05) is 31.0 Å². The molecule has 1 saturated heterocycles. The second kappa shape index (κ2) is 8.82. The number of carbonyl (C=O) groups excluding carboxylic acids is 2. The van der Waals surface area contributed by atoms with Gasteiger partial charge in [-0.3, -0.25) is 14.5 Å². The van der Waals surface area contributed by atoms with Crippen LogP contribution in [0.4, 0.5) is 20.7 Å². The van der Waals surface area contributed by atoms with Crippen LogP contribution < -0.4 is 21.0 Å². The number of ether oxygens (including phenoxy) is 1. The number of hydrogen-bond donors (Lipinski definition) is 2. The number of carbonyl (C=O) groups is 3. The minimum absolute atomic E-state index is 0.0280. The molecule has 2 amide bonds. The maximum atomic E-state index is 15.3. The van der Waals surface area contributed by atoms with Gasteiger partial charge in [0.2, 0.25) is 5.43 Å². The molecule has 3 N–H and O–H groups in total. The first-order chi connectivity index (χ1) is 18.2. The number of cyclic esters (lactones) is 1. The van der Waals surface area contributed by atoms with Gasteiger partial charge in [0.05, 0.1) is 11.9 Å². The second-order valence-corrected chi connectivity index (χ2v) is 9.81. The molecule has 11 nitrogen and oxygen atoms in total. The monoisotopic (exact) mass is 521 g/mol. The summed E-state index contributed by atoms with van der Waals surface area (Å²) in [6.07, 6.45) is 2.46. The summed E-state index contributed by atoms with van der Waals surface area (Å²) in [5.41, 5.74) is 7.00. The summed E-state index contributed by atoms with van der Waals surface area (Å²) in [6.45, 7) is 0.941. The fraction of sp³-hybridized carbons (Fsp3) is 0.346. The lowest BCUT2D eigenvalue weighted by atomic mass is 10.0. The number of halogens is 1. The van der Waals surface area contributed by atoms with E-state index in [4.69, 9.17) is 10.5 Å². The number of aromatic nitrogens is 2. The zero-order chi connectivity index (χ0) is 26.7. The number of nitrogens with zero attached hydrogens (tertiary/aromatic N) is 4. The number of nitrogens with two attached hydrogens (primary N) is 1. The largest absolute Gasteiger partial charge is 0.477 e. The molecule has 12 heteroatoms. The molecule has 6 rings (SSSR count). The lowest BCUT2D eigenvalue weighted by molar-refractivity contribution is -0.124. The SMILES string of the molecule is NC(=O)[C@H]1CN(c2ccc3c(c2)CCN(c2nc4c(cc2F)c(=O)c(C(=O)O)cn4C2CC2)CC3)C(=O)O1. The maximum Gasteiger partial charge on any atom is 0.415 e. The highest BCUT2D eigenvalue weighted by Gasteiger charge is 2.36. The van der Waals surface area contributed by atoms with Crippen molar-refractivity contribution >= 4 is 40.5 Å². The molecule has 2 fully saturated rings. The summed E-state index contributed by atoms with van der Waals surface area (Å²) < 4.78 is 22.1. The summed E-state index contributed by atoms with van der Waals surface area (Å²) in [5, 5.41) is 9.40. The van der Waals surface area contributed by atoms with E-state index in [1.54, 1.807) is 10.6 Å². The van der Waals surface area contributed by atoms with Crippen LogP contribution in [0.25, 0.3) is 11.0 Å². The highest BCUT2D eigenvalue weighted by Crippen LogP contribution is 2.37. The third kappa shape index (κ3) is 4.01. The minimum Gasteiger partial charge on any atom is -0.477 e. The van der Waals surface area contributed by atoms with E-state index in [0.29, 0.717) is 31.6 Å². The number of pyridine rings is 2. The molecule has 3 aromatic rings. The van der Waals surface area contributed by atoms with E-state index in [-0.39, 0.29) is 29.4 Å². The van der Waals surface area contributed by atoms with Crippen molar-refractivity contribution in [2.45, 2.75) is 37.8 Å². The summed E-state index contributed by atoms with van der Waals surface area (Å²) in [5.74, 6) is -2.64. The van der Waals surface area contributed by atoms with Gasteiger partial charge >= 0.3 is 12.1 Å². The predicted octanol–water partition coefficient (Wildman–Crippen LogP) is 1.98. The average Bonchev–Trinajstić information content (AvgIpc) is 3.68. The van der Waals surface area contributed by atoms with Crippen molar-refractivity contribution in [2.75, 3.05) is 29.4 Å². The number of benzene rings is 1. The topological polar surface area (TPSA) is 148 Å². The Balaban J connectivity index is 1.31. The van der Waals surface area contributed by atoms with Crippen molar-refractivity contribution in [1.82, 2.24) is 9.55 Å². The first kappa shape index (κ1) is 23.9. The molecule has 1 aliphatic carbocycles. The minimum atomic E-state index is -1.35. The molecule has 1 atom stereocenters. The molecule has 1 aromatic carbocycles. The van der Waals surface area contributed by atoms with Crippen molar-refractivity contribution in [1.29, 1.82) is 0 Å². The first-order valence-corrected chi connectivity index (χ1v) is 12.3. The molecule has 0 unspecified atom stereocenters. The van der Waals surface area contributed by atoms with Crippen molar-refractivity contribution < 1.29 is 28.6 Å². The van der Waals surface area contributed by atoms with Crippen molar-refractivity contribution in [3.63, 3.8) is 0 Å². The van der Waals surface area contributed by atoms with E-state index >= 15 is 4.39 Å². The number of primary amides is 1. The maximum absolute atomic E-state index is 15.3. The van der Waals surface area contributed by atoms with Gasteiger partial charge in [-0.25, -0.2) is 19.0 Å². The van der Waals surface area contributed by atoms with Crippen molar-refractivity contribution in [3.05, 3.63) is 63.2 Å². The summed E-state index contributed by atoms with van der Waals surface area (Å²) in [6, 6.07) is 6.67. The Bertz CT molecular complexity index is 1580. The van der Waals surface area contributed by atoms with Crippen LogP contribution >= 0.6 is 0 Å². The van der Waals surface area contributed by atoms with E-state index in [1.807, 2.05) is 17.0 Å².